The summed E-state index contributed by atoms with van der Waals surface area (Å²) >= 11 is 0. The summed E-state index contributed by atoms with van der Waals surface area (Å²) in [5.74, 6) is -3.35. The Bertz CT molecular complexity index is 793. The van der Waals surface area contributed by atoms with E-state index in [-0.39, 0.29) is 25.4 Å². The molecule has 0 fully saturated rings. The molecule has 0 N–H and O–H groups in total. The second kappa shape index (κ2) is 11.1. The lowest BCUT2D eigenvalue weighted by molar-refractivity contribution is -0.162. The summed E-state index contributed by atoms with van der Waals surface area (Å²) in [5.41, 5.74) is 2.41. The predicted molar refractivity (Wildman–Crippen MR) is 111 cm³/mol. The summed E-state index contributed by atoms with van der Waals surface area (Å²) in [6, 6.07) is 16.5. The van der Waals surface area contributed by atoms with Gasteiger partial charge in [-0.05, 0) is 31.4 Å². The Balaban J connectivity index is 2.39. The van der Waals surface area contributed by atoms with E-state index in [1.807, 2.05) is 49.4 Å². The molecule has 0 aromatic heterocycles. The third kappa shape index (κ3) is 6.01. The molecule has 29 heavy (non-hydrogen) atoms. The average molecular weight is 396 g/mol. The van der Waals surface area contributed by atoms with Gasteiger partial charge in [0, 0.05) is 17.9 Å². The van der Waals surface area contributed by atoms with Crippen LogP contribution in [0.4, 0.5) is 0 Å². The second-order valence-electron chi connectivity index (χ2n) is 6.68. The average Bonchev–Trinajstić information content (AvgIpc) is 2.74. The van der Waals surface area contributed by atoms with Crippen molar-refractivity contribution in [1.82, 2.24) is 0 Å². The minimum atomic E-state index is -1.20. The zero-order chi connectivity index (χ0) is 21.2. The molecule has 0 bridgehead atoms. The lowest BCUT2D eigenvalue weighted by Crippen LogP contribution is -2.34. The molecule has 2 rings (SSSR count). The van der Waals surface area contributed by atoms with Crippen molar-refractivity contribution in [3.8, 4) is 0 Å². The van der Waals surface area contributed by atoms with E-state index in [4.69, 9.17) is 9.47 Å². The summed E-state index contributed by atoms with van der Waals surface area (Å²) in [5, 5.41) is 0. The van der Waals surface area contributed by atoms with Crippen LogP contribution in [0.15, 0.2) is 54.6 Å². The summed E-state index contributed by atoms with van der Waals surface area (Å²) in [7, 11) is 0. The third-order valence-electron chi connectivity index (χ3n) is 4.80. The number of hydrogen-bond donors (Lipinski definition) is 0. The number of Topliss-reactive ketones (excluding diaryl/α,β-unsaturated/α-hetero) is 1. The molecule has 0 aliphatic carbocycles. The highest BCUT2D eigenvalue weighted by Gasteiger charge is 2.39. The molecule has 2 aromatic carbocycles. The van der Waals surface area contributed by atoms with Crippen molar-refractivity contribution in [3.05, 3.63) is 71.3 Å². The van der Waals surface area contributed by atoms with Crippen LogP contribution in [-0.4, -0.2) is 30.9 Å². The van der Waals surface area contributed by atoms with E-state index in [1.54, 1.807) is 26.0 Å². The summed E-state index contributed by atoms with van der Waals surface area (Å²) in [4.78, 5) is 38.3. The lowest BCUT2D eigenvalue weighted by Gasteiger charge is -2.24. The standard InChI is InChI=1S/C24H28O5/c1-4-17-12-14-19(15-13-17)21(25)16-20(18-10-8-7-9-11-18)22(23(26)28-5-2)24(27)29-6-3/h7-15,20,22H,4-6,16H2,1-3H3. The number of carbonyl (C=O) groups excluding carboxylic acids is 3. The Morgan fingerprint density at radius 2 is 1.34 bits per heavy atom. The molecule has 0 heterocycles. The third-order valence-corrected chi connectivity index (χ3v) is 4.80. The first-order chi connectivity index (χ1) is 14.0. The first kappa shape index (κ1) is 22.3. The fourth-order valence-electron chi connectivity index (χ4n) is 3.26. The van der Waals surface area contributed by atoms with Gasteiger partial charge in [0.15, 0.2) is 11.7 Å². The summed E-state index contributed by atoms with van der Waals surface area (Å²) < 4.78 is 10.3. The van der Waals surface area contributed by atoms with Crippen molar-refractivity contribution in [1.29, 1.82) is 0 Å². The molecule has 0 saturated heterocycles. The molecular formula is C24H28O5. The molecule has 5 nitrogen and oxygen atoms in total. The number of hydrogen-bond acceptors (Lipinski definition) is 5. The molecule has 5 heteroatoms. The highest BCUT2D eigenvalue weighted by atomic mass is 16.6. The van der Waals surface area contributed by atoms with Crippen molar-refractivity contribution < 1.29 is 23.9 Å². The highest BCUT2D eigenvalue weighted by Crippen LogP contribution is 2.32. The minimum absolute atomic E-state index is 0.00220. The van der Waals surface area contributed by atoms with Gasteiger partial charge in [0.2, 0.25) is 0 Å². The zero-order valence-corrected chi connectivity index (χ0v) is 17.2. The highest BCUT2D eigenvalue weighted by molar-refractivity contribution is 6.00. The normalized spacial score (nSPS) is 11.7. The number of aryl methyl sites for hydroxylation is 1. The monoisotopic (exact) mass is 396 g/mol. The van der Waals surface area contributed by atoms with E-state index >= 15 is 0 Å². The number of rotatable bonds is 10. The van der Waals surface area contributed by atoms with Crippen molar-refractivity contribution in [3.63, 3.8) is 0 Å². The van der Waals surface area contributed by atoms with Crippen LogP contribution >= 0.6 is 0 Å². The molecule has 0 saturated carbocycles. The van der Waals surface area contributed by atoms with Gasteiger partial charge in [-0.15, -0.1) is 0 Å². The van der Waals surface area contributed by atoms with Crippen molar-refractivity contribution >= 4 is 17.7 Å². The number of ketones is 1. The van der Waals surface area contributed by atoms with Crippen molar-refractivity contribution in [2.24, 2.45) is 5.92 Å². The van der Waals surface area contributed by atoms with Crippen LogP contribution in [-0.2, 0) is 25.5 Å². The molecule has 154 valence electrons. The van der Waals surface area contributed by atoms with Gasteiger partial charge in [-0.3, -0.25) is 14.4 Å². The number of carbonyl (C=O) groups is 3. The Morgan fingerprint density at radius 3 is 1.83 bits per heavy atom. The van der Waals surface area contributed by atoms with Gasteiger partial charge >= 0.3 is 11.9 Å². The van der Waals surface area contributed by atoms with E-state index < -0.39 is 23.8 Å². The smallest absolute Gasteiger partial charge is 0.320 e. The molecule has 0 aliphatic heterocycles. The summed E-state index contributed by atoms with van der Waals surface area (Å²) in [6.07, 6.45) is 0.882. The molecule has 1 atom stereocenters. The maximum absolute atomic E-state index is 13.0. The van der Waals surface area contributed by atoms with Crippen molar-refractivity contribution in [2.75, 3.05) is 13.2 Å². The molecule has 0 spiro atoms. The van der Waals surface area contributed by atoms with Crippen LogP contribution in [0.3, 0.4) is 0 Å². The van der Waals surface area contributed by atoms with Gasteiger partial charge in [-0.2, -0.15) is 0 Å². The topological polar surface area (TPSA) is 69.7 Å². The maximum atomic E-state index is 13.0. The number of benzene rings is 2. The van der Waals surface area contributed by atoms with Crippen LogP contribution in [0.2, 0.25) is 0 Å². The first-order valence-electron chi connectivity index (χ1n) is 10.0. The van der Waals surface area contributed by atoms with Crippen LogP contribution in [0, 0.1) is 5.92 Å². The van der Waals surface area contributed by atoms with Gasteiger partial charge in [-0.1, -0.05) is 61.5 Å². The first-order valence-corrected chi connectivity index (χ1v) is 10.0. The largest absolute Gasteiger partial charge is 0.465 e. The fraction of sp³-hybridized carbons (Fsp3) is 0.375. The molecule has 0 radical (unpaired) electrons. The Labute approximate surface area is 172 Å². The van der Waals surface area contributed by atoms with E-state index in [0.29, 0.717) is 5.56 Å². The fourth-order valence-corrected chi connectivity index (χ4v) is 3.26. The quantitative estimate of drug-likeness (QED) is 0.339. The SMILES string of the molecule is CCOC(=O)C(C(=O)OCC)C(CC(=O)c1ccc(CC)cc1)c1ccccc1. The predicted octanol–water partition coefficient (Wildman–Crippen LogP) is 4.35. The van der Waals surface area contributed by atoms with E-state index in [0.717, 1.165) is 17.5 Å². The number of ether oxygens (including phenoxy) is 2. The van der Waals surface area contributed by atoms with Gasteiger partial charge in [-0.25, -0.2) is 0 Å². The van der Waals surface area contributed by atoms with Gasteiger partial charge < -0.3 is 9.47 Å². The van der Waals surface area contributed by atoms with Crippen LogP contribution in [0.1, 0.15) is 54.6 Å². The molecular weight excluding hydrogens is 368 g/mol. The summed E-state index contributed by atoms with van der Waals surface area (Å²) in [6.45, 7) is 5.69. The van der Waals surface area contributed by atoms with Crippen LogP contribution < -0.4 is 0 Å². The van der Waals surface area contributed by atoms with Gasteiger partial charge in [0.25, 0.3) is 0 Å². The number of esters is 2. The Morgan fingerprint density at radius 1 is 0.793 bits per heavy atom. The zero-order valence-electron chi connectivity index (χ0n) is 17.2. The Hall–Kier alpha value is -2.95. The van der Waals surface area contributed by atoms with Crippen LogP contribution in [0.5, 0.6) is 0 Å². The molecule has 0 aliphatic rings. The Kier molecular flexibility index (Phi) is 8.59. The van der Waals surface area contributed by atoms with Crippen molar-refractivity contribution in [2.45, 2.75) is 39.5 Å². The molecule has 1 unspecified atom stereocenters. The maximum Gasteiger partial charge on any atom is 0.320 e. The van der Waals surface area contributed by atoms with E-state index in [1.165, 1.54) is 0 Å². The lowest BCUT2D eigenvalue weighted by atomic mass is 9.81. The molecule has 2 aromatic rings. The van der Waals surface area contributed by atoms with Gasteiger partial charge in [0.05, 0.1) is 13.2 Å². The second-order valence-corrected chi connectivity index (χ2v) is 6.68. The molecule has 0 amide bonds. The van der Waals surface area contributed by atoms with E-state index in [2.05, 4.69) is 0 Å². The van der Waals surface area contributed by atoms with Gasteiger partial charge in [0.1, 0.15) is 0 Å². The van der Waals surface area contributed by atoms with E-state index in [9.17, 15) is 14.4 Å². The van der Waals surface area contributed by atoms with Crippen LogP contribution in [0.25, 0.3) is 0 Å². The minimum Gasteiger partial charge on any atom is -0.465 e.